The lowest BCUT2D eigenvalue weighted by atomic mass is 9.51. The van der Waals surface area contributed by atoms with Gasteiger partial charge in [-0.3, -0.25) is 4.79 Å². The molecule has 7 aliphatic rings. The van der Waals surface area contributed by atoms with Gasteiger partial charge in [0.1, 0.15) is 67.1 Å². The molecule has 1 amide bonds. The van der Waals surface area contributed by atoms with E-state index in [2.05, 4.69) is 12.2 Å². The minimum absolute atomic E-state index is 0.197. The number of allylic oxidation sites excluding steroid dienone is 1. The normalized spacial score (nSPS) is 41.7. The summed E-state index contributed by atoms with van der Waals surface area (Å²) in [6.45, 7) is -0.385. The van der Waals surface area contributed by atoms with Gasteiger partial charge >= 0.3 is 0 Å². The Labute approximate surface area is 395 Å². The van der Waals surface area contributed by atoms with Crippen LogP contribution in [0.1, 0.15) is 122 Å². The second-order valence-electron chi connectivity index (χ2n) is 20.4. The summed E-state index contributed by atoms with van der Waals surface area (Å²) in [5.74, 6) is 2.66. The summed E-state index contributed by atoms with van der Waals surface area (Å²) in [5.41, 5.74) is 5.98. The van der Waals surface area contributed by atoms with Gasteiger partial charge in [-0.2, -0.15) is 0 Å². The van der Waals surface area contributed by atoms with Crippen molar-refractivity contribution in [2.45, 2.75) is 227 Å². The minimum Gasteiger partial charge on any atom is -0.394 e. The second-order valence-corrected chi connectivity index (χ2v) is 20.4. The van der Waals surface area contributed by atoms with Crippen LogP contribution in [0.4, 0.5) is 0 Å². The Morgan fingerprint density at radius 2 is 1.13 bits per heavy atom. The zero-order valence-electron chi connectivity index (χ0n) is 39.3. The summed E-state index contributed by atoms with van der Waals surface area (Å²) in [6.07, 6.45) is 0.236. The molecule has 0 aromatic carbocycles. The minimum atomic E-state index is -1.93. The summed E-state index contributed by atoms with van der Waals surface area (Å²) in [7, 11) is 0. The Morgan fingerprint density at radius 1 is 0.642 bits per heavy atom. The Bertz CT molecular complexity index is 1450. The van der Waals surface area contributed by atoms with E-state index in [-0.39, 0.29) is 18.4 Å². The molecule has 3 saturated heterocycles. The molecule has 4 saturated carbocycles. The van der Waals surface area contributed by atoms with Crippen molar-refractivity contribution in [2.24, 2.45) is 35.3 Å². The maximum Gasteiger partial charge on any atom is 0.220 e. The number of nitrogens with two attached hydrogens (primary N) is 1. The van der Waals surface area contributed by atoms with Crippen LogP contribution in [-0.4, -0.2) is 188 Å². The fraction of sp³-hybridized carbons (Fsp3) is 0.938. The van der Waals surface area contributed by atoms with E-state index in [4.69, 9.17) is 34.2 Å². The van der Waals surface area contributed by atoms with Gasteiger partial charge in [0.05, 0.1) is 44.6 Å². The molecule has 0 aromatic rings. The molecule has 3 heterocycles. The first-order chi connectivity index (χ1) is 32.3. The van der Waals surface area contributed by atoms with Crippen molar-refractivity contribution in [1.29, 1.82) is 0 Å². The van der Waals surface area contributed by atoms with Crippen LogP contribution < -0.4 is 11.1 Å². The third-order valence-electron chi connectivity index (χ3n) is 15.5. The summed E-state index contributed by atoms with van der Waals surface area (Å²) >= 11 is 0. The van der Waals surface area contributed by atoms with E-state index in [0.717, 1.165) is 63.2 Å². The molecule has 17 atom stereocenters. The van der Waals surface area contributed by atoms with Crippen molar-refractivity contribution in [3.63, 3.8) is 0 Å². The van der Waals surface area contributed by atoms with E-state index in [0.29, 0.717) is 18.3 Å². The number of ether oxygens (including phenoxy) is 6. The van der Waals surface area contributed by atoms with Gasteiger partial charge in [-0.15, -0.1) is 0 Å². The lowest BCUT2D eigenvalue weighted by Gasteiger charge is -2.54. The molecule has 0 spiro atoms. The van der Waals surface area contributed by atoms with E-state index in [1.54, 1.807) is 6.08 Å². The fourth-order valence-corrected chi connectivity index (χ4v) is 11.8. The van der Waals surface area contributed by atoms with E-state index in [1.165, 1.54) is 57.8 Å². The van der Waals surface area contributed by atoms with Crippen molar-refractivity contribution in [3.8, 4) is 0 Å². The number of unbranched alkanes of at least 4 members (excludes halogenated alkanes) is 11. The first-order valence-electron chi connectivity index (χ1n) is 25.5. The Hall–Kier alpha value is -1.47. The van der Waals surface area contributed by atoms with Gasteiger partial charge < -0.3 is 90.5 Å². The quantitative estimate of drug-likeness (QED) is 0.0380. The molecule has 0 unspecified atom stereocenters. The number of hydrogen-bond donors (Lipinski definition) is 12. The van der Waals surface area contributed by atoms with E-state index < -0.39 is 124 Å². The van der Waals surface area contributed by atoms with Gasteiger partial charge in [0.2, 0.25) is 5.91 Å². The first-order valence-corrected chi connectivity index (χ1v) is 25.5. The van der Waals surface area contributed by atoms with Crippen molar-refractivity contribution >= 4 is 5.91 Å². The van der Waals surface area contributed by atoms with Gasteiger partial charge in [0.15, 0.2) is 18.9 Å². The molecule has 4 aliphatic carbocycles. The number of nitrogens with one attached hydrogen (secondary N) is 1. The van der Waals surface area contributed by atoms with Crippen LogP contribution in [0.15, 0.2) is 12.2 Å². The van der Waals surface area contributed by atoms with E-state index >= 15 is 0 Å². The van der Waals surface area contributed by atoms with Crippen LogP contribution >= 0.6 is 0 Å². The van der Waals surface area contributed by atoms with Crippen LogP contribution in [0.3, 0.4) is 0 Å². The zero-order chi connectivity index (χ0) is 48.2. The average molecular weight is 961 g/mol. The number of amides is 1. The van der Waals surface area contributed by atoms with Crippen LogP contribution in [-0.2, 0) is 33.2 Å². The molecular weight excluding hydrogens is 877 g/mol. The van der Waals surface area contributed by atoms with Crippen molar-refractivity contribution < 1.29 is 84.3 Å². The van der Waals surface area contributed by atoms with E-state index in [1.807, 2.05) is 6.08 Å². The number of aliphatic hydroxyl groups is 10. The number of carbonyl (C=O) groups is 1. The summed E-state index contributed by atoms with van der Waals surface area (Å²) in [6, 6.07) is -2.31. The molecule has 19 heteroatoms. The number of aliphatic hydroxyl groups excluding tert-OH is 10. The second kappa shape index (κ2) is 26.8. The molecule has 19 nitrogen and oxygen atoms in total. The van der Waals surface area contributed by atoms with Gasteiger partial charge in [0, 0.05) is 6.42 Å². The molecule has 4 bridgehead atoms. The molecule has 67 heavy (non-hydrogen) atoms. The average Bonchev–Trinajstić information content (AvgIpc) is 3.31. The lowest BCUT2D eigenvalue weighted by molar-refractivity contribution is -0.373. The number of carbonyl (C=O) groups excluding carboxylic acids is 1. The third-order valence-corrected chi connectivity index (χ3v) is 15.5. The maximum absolute atomic E-state index is 13.7. The van der Waals surface area contributed by atoms with Crippen LogP contribution in [0.25, 0.3) is 0 Å². The molecule has 388 valence electrons. The third kappa shape index (κ3) is 14.4. The largest absolute Gasteiger partial charge is 0.394 e. The molecule has 3 aliphatic heterocycles. The molecule has 0 aromatic heterocycles. The van der Waals surface area contributed by atoms with Crippen LogP contribution in [0.2, 0.25) is 0 Å². The molecule has 0 radical (unpaired) electrons. The number of hydrogen-bond acceptors (Lipinski definition) is 18. The molecule has 13 N–H and O–H groups in total. The Balaban J connectivity index is 1.02. The fourth-order valence-electron chi connectivity index (χ4n) is 11.8. The highest BCUT2D eigenvalue weighted by Crippen LogP contribution is 2.57. The van der Waals surface area contributed by atoms with Crippen molar-refractivity contribution in [3.05, 3.63) is 12.2 Å². The van der Waals surface area contributed by atoms with Crippen LogP contribution in [0, 0.1) is 29.6 Å². The topological polar surface area (TPSA) is 313 Å². The van der Waals surface area contributed by atoms with Gasteiger partial charge in [0.25, 0.3) is 0 Å². The summed E-state index contributed by atoms with van der Waals surface area (Å²) in [5, 5.41) is 110. The Kier molecular flexibility index (Phi) is 22.0. The highest BCUT2D eigenvalue weighted by molar-refractivity contribution is 5.76. The van der Waals surface area contributed by atoms with Crippen molar-refractivity contribution in [2.75, 3.05) is 26.4 Å². The van der Waals surface area contributed by atoms with Gasteiger partial charge in [-0.1, -0.05) is 83.3 Å². The molecule has 7 rings (SSSR count). The van der Waals surface area contributed by atoms with Crippen molar-refractivity contribution in [1.82, 2.24) is 5.32 Å². The predicted molar refractivity (Wildman–Crippen MR) is 240 cm³/mol. The highest BCUT2D eigenvalue weighted by Gasteiger charge is 2.54. The van der Waals surface area contributed by atoms with Gasteiger partial charge in [-0.05, 0) is 74.5 Å². The molecule has 7 fully saturated rings. The van der Waals surface area contributed by atoms with Gasteiger partial charge in [-0.25, -0.2) is 0 Å². The standard InChI is InChI=1S/C48H84N2O17/c1-2-3-4-5-6-7-8-9-10-11-12-13-14-15-32(54)31(50-36(55)21-30-28-17-26-16-27(19-28)20-29(30)18-26)25-62-47-42(60)40(58)45(34(23-52)64-47)67-48-43(61)41(59)44(35(24-53)65-48)66-46-37(49)39(57)38(56)33(22-51)63-46/h14-15,26-35,37-48,51-54,56-61H,2-13,16-25,49H2,1H3,(H,50,55)/b15-14+/t26?,27?,28?,29?,30?,31-,32+,33+,34+,35+,37+,38-,39+,40+,41+,42+,43+,44-,45+,46+,47+,48-/m0/s1. The predicted octanol–water partition coefficient (Wildman–Crippen LogP) is -0.0169. The Morgan fingerprint density at radius 3 is 1.69 bits per heavy atom. The smallest absolute Gasteiger partial charge is 0.220 e. The van der Waals surface area contributed by atoms with Crippen LogP contribution in [0.5, 0.6) is 0 Å². The summed E-state index contributed by atoms with van der Waals surface area (Å²) in [4.78, 5) is 13.7. The van der Waals surface area contributed by atoms with E-state index in [9.17, 15) is 55.9 Å². The molecular formula is C48H84N2O17. The zero-order valence-corrected chi connectivity index (χ0v) is 39.3. The highest BCUT2D eigenvalue weighted by atomic mass is 16.8. The SMILES string of the molecule is CCCCCCCCCCCCC/C=C/[C@@H](O)[C@H](CO[C@@H]1O[C@H](CO)[C@@H](O[C@@H]2O[C@H](CO)[C@H](O[C@H]3O[C@H](CO)[C@H](O)[C@H](O)[C@H]3N)[C@H](O)[C@H]2O)[C@H](O)[C@H]1O)NC(=O)CC1C2CC3CC(C2)CC1C3. The number of rotatable bonds is 27. The monoisotopic (exact) mass is 961 g/mol. The lowest BCUT2D eigenvalue weighted by Crippen LogP contribution is -2.67. The first kappa shape index (κ1) is 54.9. The summed E-state index contributed by atoms with van der Waals surface area (Å²) < 4.78 is 34.6. The maximum atomic E-state index is 13.7.